The number of ether oxygens (including phenoxy) is 16. The summed E-state index contributed by atoms with van der Waals surface area (Å²) in [4.78, 5) is 136. The number of carbonyl (C=O) groups excluding carboxylic acids is 11. The van der Waals surface area contributed by atoms with E-state index in [2.05, 4.69) is 0 Å². The number of hydrogen-bond acceptors (Lipinski definition) is 27. The minimum Gasteiger partial charge on any atom is -0.463 e. The van der Waals surface area contributed by atoms with E-state index in [1.807, 2.05) is 0 Å². The summed E-state index contributed by atoms with van der Waals surface area (Å²) >= 11 is 0. The molecular formula is C40H54O27. The molecule has 0 radical (unpaired) electrons. The van der Waals surface area contributed by atoms with E-state index in [0.717, 1.165) is 76.2 Å². The van der Waals surface area contributed by atoms with Crippen molar-refractivity contribution in [2.45, 2.75) is 168 Å². The molecule has 0 unspecified atom stereocenters. The Bertz CT molecular complexity index is 1850. The van der Waals surface area contributed by atoms with Crippen LogP contribution in [-0.2, 0) is 129 Å². The van der Waals surface area contributed by atoms with Crippen LogP contribution in [0, 0.1) is 0 Å². The zero-order valence-electron chi connectivity index (χ0n) is 38.3. The minimum absolute atomic E-state index is 0.676. The van der Waals surface area contributed by atoms with Crippen LogP contribution in [0.4, 0.5) is 0 Å². The van der Waals surface area contributed by atoms with E-state index in [4.69, 9.17) is 75.8 Å². The van der Waals surface area contributed by atoms with Gasteiger partial charge in [-0.25, -0.2) is 0 Å². The zero-order valence-corrected chi connectivity index (χ0v) is 38.3. The molecule has 0 aromatic heterocycles. The van der Waals surface area contributed by atoms with Gasteiger partial charge in [-0.2, -0.15) is 0 Å². The van der Waals surface area contributed by atoms with Gasteiger partial charge in [-0.3, -0.25) is 52.7 Å². The van der Waals surface area contributed by atoms with E-state index in [1.54, 1.807) is 0 Å². The average Bonchev–Trinajstić information content (AvgIpc) is 3.17. The van der Waals surface area contributed by atoms with E-state index in [9.17, 15) is 52.7 Å². The van der Waals surface area contributed by atoms with E-state index in [-0.39, 0.29) is 0 Å². The fourth-order valence-electron chi connectivity index (χ4n) is 7.04. The smallest absolute Gasteiger partial charge is 0.305 e. The summed E-state index contributed by atoms with van der Waals surface area (Å²) in [6.45, 7) is 8.59. The molecule has 3 aliphatic rings. The third-order valence-corrected chi connectivity index (χ3v) is 9.09. The summed E-state index contributed by atoms with van der Waals surface area (Å²) in [6, 6.07) is 0. The van der Waals surface area contributed by atoms with Crippen LogP contribution in [0.25, 0.3) is 0 Å². The molecule has 0 bridgehead atoms. The van der Waals surface area contributed by atoms with Crippen molar-refractivity contribution in [3.8, 4) is 0 Å². The number of hydrogen-bond donors (Lipinski definition) is 0. The first-order chi connectivity index (χ1) is 31.3. The molecule has 0 spiro atoms. The van der Waals surface area contributed by atoms with Gasteiger partial charge in [0.15, 0.2) is 55.3 Å². The van der Waals surface area contributed by atoms with Gasteiger partial charge in [0.05, 0.1) is 6.61 Å². The van der Waals surface area contributed by atoms with Gasteiger partial charge in [0.25, 0.3) is 0 Å². The van der Waals surface area contributed by atoms with Crippen molar-refractivity contribution < 1.29 is 129 Å². The molecule has 0 aliphatic carbocycles. The topological polar surface area (TPSA) is 335 Å². The Morgan fingerprint density at radius 1 is 0.284 bits per heavy atom. The molecule has 0 aromatic carbocycles. The van der Waals surface area contributed by atoms with Crippen molar-refractivity contribution in [3.05, 3.63) is 0 Å². The van der Waals surface area contributed by atoms with Gasteiger partial charge < -0.3 is 75.8 Å². The van der Waals surface area contributed by atoms with Crippen LogP contribution >= 0.6 is 0 Å². The Hall–Kier alpha value is -6.03. The molecule has 3 heterocycles. The standard InChI is InChI=1S/C40H54O27/c1-15(41)52-12-26-29(55-17(3)43)33(58-20(6)46)37(62-24(10)50)40(66-26)67-31-27(13-53-16(2)42)64-38(35(60-22(8)48)34(31)59-21(7)47)54-14-28-30(56-18(4)44)32(57-19(5)45)36(61-23(9)49)39(65-28)63-25(11)51/h26-40H,12-14H2,1-11H3/t26-,27-,28-,29+,30-,31-,32+,33+,34+,35-,36-,37-,38-,39+,40+/m1/s1. The maximum Gasteiger partial charge on any atom is 0.305 e. The van der Waals surface area contributed by atoms with E-state index in [0.29, 0.717) is 0 Å². The van der Waals surface area contributed by atoms with Crippen molar-refractivity contribution in [1.82, 2.24) is 0 Å². The summed E-state index contributed by atoms with van der Waals surface area (Å²) < 4.78 is 89.9. The molecule has 3 aliphatic heterocycles. The normalized spacial score (nSPS) is 31.2. The second-order valence-corrected chi connectivity index (χ2v) is 14.9. The molecule has 3 saturated heterocycles. The highest BCUT2D eigenvalue weighted by molar-refractivity contribution is 5.71. The Kier molecular flexibility index (Phi) is 20.8. The summed E-state index contributed by atoms with van der Waals surface area (Å²) in [5.74, 6) is -10.5. The van der Waals surface area contributed by atoms with Gasteiger partial charge >= 0.3 is 65.7 Å². The van der Waals surface area contributed by atoms with Gasteiger partial charge in [0.2, 0.25) is 12.4 Å². The number of rotatable bonds is 18. The second-order valence-electron chi connectivity index (χ2n) is 14.9. The second kappa shape index (κ2) is 25.2. The molecule has 0 saturated carbocycles. The Morgan fingerprint density at radius 2 is 0.552 bits per heavy atom. The SMILES string of the molecule is CC(=O)OC[C@H]1O[C@@H](O[C@H]2[C@H](OC(C)=O)[C@@H](OC(C)=O)[C@H](OC[C@H]3O[C@H](OC(C)=O)[C@H](OC(C)=O)[C@@H](OC(C)=O)[C@@H]3OC(C)=O)O[C@@H]2COC(C)=O)[C@H](OC(C)=O)[C@@H](OC(C)=O)[C@H]1OC(C)=O. The van der Waals surface area contributed by atoms with Crippen molar-refractivity contribution in [2.75, 3.05) is 19.8 Å². The van der Waals surface area contributed by atoms with Crippen LogP contribution in [0.5, 0.6) is 0 Å². The molecule has 3 fully saturated rings. The lowest BCUT2D eigenvalue weighted by Crippen LogP contribution is -2.67. The monoisotopic (exact) mass is 966 g/mol. The first-order valence-electron chi connectivity index (χ1n) is 20.3. The predicted molar refractivity (Wildman–Crippen MR) is 206 cm³/mol. The van der Waals surface area contributed by atoms with Gasteiger partial charge in [0.1, 0.15) is 37.6 Å². The molecule has 15 atom stereocenters. The van der Waals surface area contributed by atoms with Crippen LogP contribution in [0.2, 0.25) is 0 Å². The maximum atomic E-state index is 12.9. The lowest BCUT2D eigenvalue weighted by atomic mass is 9.95. The van der Waals surface area contributed by atoms with E-state index < -0.39 is 178 Å². The predicted octanol–water partition coefficient (Wildman–Crippen LogP) is -1.29. The van der Waals surface area contributed by atoms with Gasteiger partial charge in [0, 0.05) is 76.2 Å². The molecule has 376 valence electrons. The molecule has 67 heavy (non-hydrogen) atoms. The molecule has 27 heteroatoms. The highest BCUT2D eigenvalue weighted by Crippen LogP contribution is 2.37. The quantitative estimate of drug-likeness (QED) is 0.114. The van der Waals surface area contributed by atoms with Gasteiger partial charge in [-0.05, 0) is 0 Å². The lowest BCUT2D eigenvalue weighted by molar-refractivity contribution is -0.365. The highest BCUT2D eigenvalue weighted by atomic mass is 16.8. The third kappa shape index (κ3) is 17.0. The Balaban J connectivity index is 2.20. The molecule has 0 N–H and O–H groups in total. The summed E-state index contributed by atoms with van der Waals surface area (Å²) in [5.41, 5.74) is 0. The molecule has 0 amide bonds. The van der Waals surface area contributed by atoms with Crippen LogP contribution in [0.15, 0.2) is 0 Å². The lowest BCUT2D eigenvalue weighted by Gasteiger charge is -2.49. The van der Waals surface area contributed by atoms with Crippen LogP contribution in [-0.4, -0.2) is 178 Å². The van der Waals surface area contributed by atoms with Gasteiger partial charge in [-0.1, -0.05) is 0 Å². The van der Waals surface area contributed by atoms with Crippen LogP contribution in [0.3, 0.4) is 0 Å². The fourth-order valence-corrected chi connectivity index (χ4v) is 7.04. The first-order valence-corrected chi connectivity index (χ1v) is 20.3. The fraction of sp³-hybridized carbons (Fsp3) is 0.725. The van der Waals surface area contributed by atoms with Crippen molar-refractivity contribution in [3.63, 3.8) is 0 Å². The molecule has 3 rings (SSSR count). The van der Waals surface area contributed by atoms with E-state index >= 15 is 0 Å². The molecular weight excluding hydrogens is 912 g/mol. The number of carbonyl (C=O) groups is 11. The third-order valence-electron chi connectivity index (χ3n) is 9.09. The van der Waals surface area contributed by atoms with Crippen LogP contribution in [0.1, 0.15) is 76.2 Å². The average molecular weight is 967 g/mol. The molecule has 27 nitrogen and oxygen atoms in total. The van der Waals surface area contributed by atoms with Crippen LogP contribution < -0.4 is 0 Å². The van der Waals surface area contributed by atoms with Crippen molar-refractivity contribution >= 4 is 65.7 Å². The largest absolute Gasteiger partial charge is 0.463 e. The summed E-state index contributed by atoms with van der Waals surface area (Å²) in [5, 5.41) is 0. The van der Waals surface area contributed by atoms with E-state index in [1.165, 1.54) is 0 Å². The maximum absolute atomic E-state index is 12.9. The minimum atomic E-state index is -1.97. The number of esters is 11. The first kappa shape index (κ1) is 55.3. The Labute approximate surface area is 382 Å². The Morgan fingerprint density at radius 3 is 0.925 bits per heavy atom. The molecule has 0 aromatic rings. The van der Waals surface area contributed by atoms with Gasteiger partial charge in [-0.15, -0.1) is 0 Å². The summed E-state index contributed by atoms with van der Waals surface area (Å²) in [7, 11) is 0. The van der Waals surface area contributed by atoms with Crippen molar-refractivity contribution in [1.29, 1.82) is 0 Å². The summed E-state index contributed by atoms with van der Waals surface area (Å²) in [6.07, 6.45) is -26.4. The zero-order chi connectivity index (χ0) is 50.4. The highest BCUT2D eigenvalue weighted by Gasteiger charge is 2.59. The van der Waals surface area contributed by atoms with Crippen molar-refractivity contribution in [2.24, 2.45) is 0 Å².